The number of carbonyl (C=O) groups excluding carboxylic acids is 1. The third-order valence-corrected chi connectivity index (χ3v) is 3.03. The van der Waals surface area contributed by atoms with Crippen molar-refractivity contribution in [2.24, 2.45) is 5.41 Å². The lowest BCUT2D eigenvalue weighted by atomic mass is 9.68. The summed E-state index contributed by atoms with van der Waals surface area (Å²) in [6.45, 7) is 2.04. The second kappa shape index (κ2) is 1.97. The van der Waals surface area contributed by atoms with E-state index in [-0.39, 0.29) is 0 Å². The summed E-state index contributed by atoms with van der Waals surface area (Å²) in [5, 5.41) is 0. The van der Waals surface area contributed by atoms with Crippen molar-refractivity contribution in [3.63, 3.8) is 0 Å². The van der Waals surface area contributed by atoms with Gasteiger partial charge < -0.3 is 4.90 Å². The van der Waals surface area contributed by atoms with Crippen LogP contribution in [0.3, 0.4) is 0 Å². The van der Waals surface area contributed by atoms with Gasteiger partial charge in [0.2, 0.25) is 6.41 Å². The highest BCUT2D eigenvalue weighted by Crippen LogP contribution is 2.47. The average molecular weight is 139 g/mol. The lowest BCUT2D eigenvalue weighted by molar-refractivity contribution is -0.117. The van der Waals surface area contributed by atoms with Gasteiger partial charge in [-0.15, -0.1) is 0 Å². The van der Waals surface area contributed by atoms with Crippen LogP contribution in [0.15, 0.2) is 0 Å². The predicted molar refractivity (Wildman–Crippen MR) is 38.5 cm³/mol. The Morgan fingerprint density at radius 2 is 2.10 bits per heavy atom. The standard InChI is InChI=1S/C8H13NO/c10-7-9-5-4-8(6-9)2-1-3-8/h7H,1-6H2. The molecule has 2 nitrogen and oxygen atoms in total. The summed E-state index contributed by atoms with van der Waals surface area (Å²) >= 11 is 0. The molecule has 0 unspecified atom stereocenters. The second-order valence-corrected chi connectivity index (χ2v) is 3.68. The van der Waals surface area contributed by atoms with Crippen LogP contribution in [0.2, 0.25) is 0 Å². The van der Waals surface area contributed by atoms with E-state index in [1.165, 1.54) is 25.7 Å². The van der Waals surface area contributed by atoms with E-state index >= 15 is 0 Å². The molecule has 2 heteroatoms. The molecule has 0 atom stereocenters. The monoisotopic (exact) mass is 139 g/mol. The zero-order chi connectivity index (χ0) is 7.03. The van der Waals surface area contributed by atoms with Gasteiger partial charge in [-0.1, -0.05) is 6.42 Å². The summed E-state index contributed by atoms with van der Waals surface area (Å²) in [5.41, 5.74) is 0.584. The van der Waals surface area contributed by atoms with Crippen molar-refractivity contribution >= 4 is 6.41 Å². The predicted octanol–water partition coefficient (Wildman–Crippen LogP) is 1.02. The number of likely N-dealkylation sites (tertiary alicyclic amines) is 1. The SMILES string of the molecule is O=CN1CCC2(CCC2)C1. The summed E-state index contributed by atoms with van der Waals surface area (Å²) in [4.78, 5) is 12.3. The van der Waals surface area contributed by atoms with Crippen molar-refractivity contribution in [2.45, 2.75) is 25.7 Å². The van der Waals surface area contributed by atoms with Crippen LogP contribution in [0.4, 0.5) is 0 Å². The molecule has 1 spiro atoms. The van der Waals surface area contributed by atoms with Crippen molar-refractivity contribution in [2.75, 3.05) is 13.1 Å². The van der Waals surface area contributed by atoms with Crippen LogP contribution in [0.5, 0.6) is 0 Å². The molecule has 1 amide bonds. The first-order valence-electron chi connectivity index (χ1n) is 4.04. The average Bonchev–Trinajstić information content (AvgIpc) is 2.29. The van der Waals surface area contributed by atoms with Crippen LogP contribution in [-0.2, 0) is 4.79 Å². The maximum Gasteiger partial charge on any atom is 0.209 e. The Hall–Kier alpha value is -0.530. The Morgan fingerprint density at radius 1 is 1.30 bits per heavy atom. The Kier molecular flexibility index (Phi) is 1.22. The molecule has 1 aliphatic heterocycles. The Bertz CT molecular complexity index is 151. The van der Waals surface area contributed by atoms with Crippen LogP contribution in [0.1, 0.15) is 25.7 Å². The van der Waals surface area contributed by atoms with E-state index in [0.717, 1.165) is 19.5 Å². The van der Waals surface area contributed by atoms with Gasteiger partial charge in [0, 0.05) is 13.1 Å². The molecule has 2 rings (SSSR count). The molecule has 0 aromatic heterocycles. The van der Waals surface area contributed by atoms with E-state index < -0.39 is 0 Å². The van der Waals surface area contributed by atoms with Gasteiger partial charge in [-0.2, -0.15) is 0 Å². The smallest absolute Gasteiger partial charge is 0.209 e. The molecule has 1 saturated heterocycles. The largest absolute Gasteiger partial charge is 0.345 e. The Labute approximate surface area is 61.2 Å². The fourth-order valence-corrected chi connectivity index (χ4v) is 2.14. The lowest BCUT2D eigenvalue weighted by Crippen LogP contribution is -2.32. The van der Waals surface area contributed by atoms with Crippen LogP contribution in [0.25, 0.3) is 0 Å². The fraction of sp³-hybridized carbons (Fsp3) is 0.875. The first kappa shape index (κ1) is 6.20. The highest BCUT2D eigenvalue weighted by atomic mass is 16.1. The van der Waals surface area contributed by atoms with Crippen molar-refractivity contribution in [3.8, 4) is 0 Å². The summed E-state index contributed by atoms with van der Waals surface area (Å²) in [5.74, 6) is 0. The van der Waals surface area contributed by atoms with E-state index in [1.807, 2.05) is 4.90 Å². The molecule has 0 bridgehead atoms. The number of hydrogen-bond acceptors (Lipinski definition) is 1. The normalized spacial score (nSPS) is 28.6. The van der Waals surface area contributed by atoms with Gasteiger partial charge in [0.25, 0.3) is 0 Å². The van der Waals surface area contributed by atoms with Gasteiger partial charge in [-0.05, 0) is 24.7 Å². The van der Waals surface area contributed by atoms with Crippen molar-refractivity contribution in [3.05, 3.63) is 0 Å². The highest BCUT2D eigenvalue weighted by Gasteiger charge is 2.42. The molecule has 56 valence electrons. The highest BCUT2D eigenvalue weighted by molar-refractivity contribution is 5.48. The van der Waals surface area contributed by atoms with E-state index in [0.29, 0.717) is 5.41 Å². The number of rotatable bonds is 1. The van der Waals surface area contributed by atoms with Gasteiger partial charge in [0.05, 0.1) is 0 Å². The van der Waals surface area contributed by atoms with Crippen molar-refractivity contribution < 1.29 is 4.79 Å². The van der Waals surface area contributed by atoms with Crippen molar-refractivity contribution in [1.82, 2.24) is 4.90 Å². The molecule has 1 aliphatic carbocycles. The molecule has 2 aliphatic rings. The fourth-order valence-electron chi connectivity index (χ4n) is 2.14. The third kappa shape index (κ3) is 0.746. The van der Waals surface area contributed by atoms with E-state index in [1.54, 1.807) is 0 Å². The molecular formula is C8H13NO. The van der Waals surface area contributed by atoms with Gasteiger partial charge >= 0.3 is 0 Å². The molecule has 0 radical (unpaired) electrons. The van der Waals surface area contributed by atoms with Crippen LogP contribution >= 0.6 is 0 Å². The van der Waals surface area contributed by atoms with Gasteiger partial charge in [-0.25, -0.2) is 0 Å². The molecule has 10 heavy (non-hydrogen) atoms. The topological polar surface area (TPSA) is 20.3 Å². The first-order valence-corrected chi connectivity index (χ1v) is 4.04. The summed E-state index contributed by atoms with van der Waals surface area (Å²) in [6, 6.07) is 0. The second-order valence-electron chi connectivity index (χ2n) is 3.68. The van der Waals surface area contributed by atoms with Gasteiger partial charge in [0.1, 0.15) is 0 Å². The van der Waals surface area contributed by atoms with Gasteiger partial charge in [0.15, 0.2) is 0 Å². The quantitative estimate of drug-likeness (QED) is 0.497. The zero-order valence-electron chi connectivity index (χ0n) is 6.18. The minimum Gasteiger partial charge on any atom is -0.345 e. The Morgan fingerprint density at radius 3 is 2.40 bits per heavy atom. The van der Waals surface area contributed by atoms with E-state index in [4.69, 9.17) is 0 Å². The summed E-state index contributed by atoms with van der Waals surface area (Å²) in [6.07, 6.45) is 6.35. The van der Waals surface area contributed by atoms with Crippen LogP contribution in [-0.4, -0.2) is 24.4 Å². The first-order chi connectivity index (χ1) is 4.85. The minimum absolute atomic E-state index is 0.584. The minimum atomic E-state index is 0.584. The van der Waals surface area contributed by atoms with E-state index in [9.17, 15) is 4.79 Å². The third-order valence-electron chi connectivity index (χ3n) is 3.03. The molecular weight excluding hydrogens is 126 g/mol. The van der Waals surface area contributed by atoms with Crippen LogP contribution in [0, 0.1) is 5.41 Å². The molecule has 0 aromatic carbocycles. The zero-order valence-corrected chi connectivity index (χ0v) is 6.18. The van der Waals surface area contributed by atoms with Crippen molar-refractivity contribution in [1.29, 1.82) is 0 Å². The lowest BCUT2D eigenvalue weighted by Gasteiger charge is -2.37. The molecule has 1 heterocycles. The number of carbonyl (C=O) groups is 1. The molecule has 2 fully saturated rings. The summed E-state index contributed by atoms with van der Waals surface area (Å²) < 4.78 is 0. The maximum atomic E-state index is 10.4. The molecule has 0 aromatic rings. The molecule has 0 N–H and O–H groups in total. The molecule has 1 saturated carbocycles. The maximum absolute atomic E-state index is 10.4. The van der Waals surface area contributed by atoms with E-state index in [2.05, 4.69) is 0 Å². The number of nitrogens with zero attached hydrogens (tertiary/aromatic N) is 1. The summed E-state index contributed by atoms with van der Waals surface area (Å²) in [7, 11) is 0. The Balaban J connectivity index is 1.98. The number of amides is 1. The van der Waals surface area contributed by atoms with Crippen LogP contribution < -0.4 is 0 Å². The van der Waals surface area contributed by atoms with Gasteiger partial charge in [-0.3, -0.25) is 4.79 Å². The number of hydrogen-bond donors (Lipinski definition) is 0.